The summed E-state index contributed by atoms with van der Waals surface area (Å²) < 4.78 is 6.36. The summed E-state index contributed by atoms with van der Waals surface area (Å²) in [6.07, 6.45) is 5.60. The van der Waals surface area contributed by atoms with E-state index in [4.69, 9.17) is 4.74 Å². The topological polar surface area (TPSA) is 15.7 Å². The van der Waals surface area contributed by atoms with Crippen LogP contribution in [0, 0.1) is 5.92 Å². The van der Waals surface area contributed by atoms with Crippen LogP contribution in [0.2, 0.25) is 0 Å². The van der Waals surface area contributed by atoms with Gasteiger partial charge in [-0.05, 0) is 38.5 Å². The second kappa shape index (κ2) is 11.6. The molecule has 0 spiro atoms. The van der Waals surface area contributed by atoms with E-state index in [1.807, 2.05) is 13.8 Å². The normalized spacial score (nSPS) is 23.0. The van der Waals surface area contributed by atoms with Crippen LogP contribution in [-0.4, -0.2) is 60.1 Å². The Kier molecular flexibility index (Phi) is 10.6. The number of piperidine rings is 2. The first kappa shape index (κ1) is 22.0. The third-order valence-corrected chi connectivity index (χ3v) is 5.49. The van der Waals surface area contributed by atoms with Crippen LogP contribution in [0.3, 0.4) is 0 Å². The average molecular weight is 357 g/mol. The van der Waals surface area contributed by atoms with Crippen LogP contribution in [0.15, 0.2) is 12.2 Å². The highest BCUT2D eigenvalue weighted by molar-refractivity contribution is 7.80. The second-order valence-electron chi connectivity index (χ2n) is 7.29. The lowest BCUT2D eigenvalue weighted by atomic mass is 10.0. The molecule has 4 heteroatoms. The standard InChI is InChI=1S/C18H34N2OS.C2H6/c1-14(2)15(3)13-19-9-5-17(6-10-19)21-18-7-11-20(12-8-18)16(4)22;1-2/h14,16-18,22H,3,5-13H2,1-2,4H3;1-2H3. The van der Waals surface area contributed by atoms with Crippen molar-refractivity contribution in [3.63, 3.8) is 0 Å². The SMILES string of the molecule is C=C(CN1CCC(OC2CCN(C(C)S)CC2)CC1)C(C)C.CC. The molecule has 2 heterocycles. The van der Waals surface area contributed by atoms with E-state index in [1.54, 1.807) is 0 Å². The lowest BCUT2D eigenvalue weighted by Gasteiger charge is -2.38. The molecule has 0 aromatic rings. The number of hydrogen-bond acceptors (Lipinski definition) is 4. The van der Waals surface area contributed by atoms with Gasteiger partial charge in [-0.3, -0.25) is 9.80 Å². The maximum absolute atomic E-state index is 6.36. The first-order valence-electron chi connectivity index (χ1n) is 9.93. The Bertz CT molecular complexity index is 344. The Labute approximate surface area is 156 Å². The van der Waals surface area contributed by atoms with Crippen molar-refractivity contribution in [2.75, 3.05) is 32.7 Å². The molecule has 1 atom stereocenters. The van der Waals surface area contributed by atoms with Crippen LogP contribution < -0.4 is 0 Å². The van der Waals surface area contributed by atoms with Crippen molar-refractivity contribution < 1.29 is 4.74 Å². The van der Waals surface area contributed by atoms with Gasteiger partial charge >= 0.3 is 0 Å². The van der Waals surface area contributed by atoms with Crippen LogP contribution in [0.1, 0.15) is 60.3 Å². The van der Waals surface area contributed by atoms with Gasteiger partial charge in [0.15, 0.2) is 0 Å². The van der Waals surface area contributed by atoms with Gasteiger partial charge in [0.05, 0.1) is 12.2 Å². The number of hydrogen-bond donors (Lipinski definition) is 1. The molecule has 3 nitrogen and oxygen atoms in total. The molecular formula is C20H40N2OS. The van der Waals surface area contributed by atoms with E-state index in [0.29, 0.717) is 23.5 Å². The van der Waals surface area contributed by atoms with Crippen LogP contribution in [-0.2, 0) is 4.74 Å². The minimum atomic E-state index is 0.373. The monoisotopic (exact) mass is 356 g/mol. The Morgan fingerprint density at radius 2 is 1.46 bits per heavy atom. The molecule has 0 N–H and O–H groups in total. The van der Waals surface area contributed by atoms with E-state index in [1.165, 1.54) is 18.4 Å². The molecule has 0 saturated carbocycles. The van der Waals surface area contributed by atoms with E-state index in [2.05, 4.69) is 49.8 Å². The molecule has 0 amide bonds. The van der Waals surface area contributed by atoms with Crippen molar-refractivity contribution in [2.45, 2.75) is 77.9 Å². The van der Waals surface area contributed by atoms with Crippen LogP contribution in [0.4, 0.5) is 0 Å². The van der Waals surface area contributed by atoms with E-state index in [-0.39, 0.29) is 0 Å². The van der Waals surface area contributed by atoms with Crippen molar-refractivity contribution in [1.82, 2.24) is 9.80 Å². The highest BCUT2D eigenvalue weighted by atomic mass is 32.1. The summed E-state index contributed by atoms with van der Waals surface area (Å²) >= 11 is 4.53. The first-order valence-corrected chi connectivity index (χ1v) is 10.4. The second-order valence-corrected chi connectivity index (χ2v) is 8.04. The summed E-state index contributed by atoms with van der Waals surface area (Å²) in [6.45, 7) is 20.4. The Morgan fingerprint density at radius 1 is 1.00 bits per heavy atom. The van der Waals surface area contributed by atoms with Crippen molar-refractivity contribution in [3.8, 4) is 0 Å². The van der Waals surface area contributed by atoms with Gasteiger partial charge in [0, 0.05) is 38.1 Å². The van der Waals surface area contributed by atoms with Crippen molar-refractivity contribution in [2.24, 2.45) is 5.92 Å². The number of likely N-dealkylation sites (tertiary alicyclic amines) is 2. The summed E-state index contributed by atoms with van der Waals surface area (Å²) in [6, 6.07) is 0. The molecule has 142 valence electrons. The highest BCUT2D eigenvalue weighted by Crippen LogP contribution is 2.23. The molecule has 0 bridgehead atoms. The van der Waals surface area contributed by atoms with Crippen LogP contribution in [0.25, 0.3) is 0 Å². The smallest absolute Gasteiger partial charge is 0.0603 e. The number of ether oxygens (including phenoxy) is 1. The zero-order valence-corrected chi connectivity index (χ0v) is 17.5. The van der Waals surface area contributed by atoms with Crippen molar-refractivity contribution >= 4 is 12.6 Å². The third-order valence-electron chi connectivity index (χ3n) is 5.17. The molecule has 0 radical (unpaired) electrons. The van der Waals surface area contributed by atoms with Gasteiger partial charge in [0.1, 0.15) is 0 Å². The van der Waals surface area contributed by atoms with Gasteiger partial charge in [-0.15, -0.1) is 0 Å². The molecule has 0 aromatic heterocycles. The van der Waals surface area contributed by atoms with Gasteiger partial charge in [0.2, 0.25) is 0 Å². The Hall–Kier alpha value is -0.0300. The largest absolute Gasteiger partial charge is 0.375 e. The quantitative estimate of drug-likeness (QED) is 0.559. The predicted octanol–water partition coefficient (Wildman–Crippen LogP) is 4.45. The number of nitrogens with zero attached hydrogens (tertiary/aromatic N) is 2. The fourth-order valence-electron chi connectivity index (χ4n) is 3.33. The number of rotatable bonds is 6. The summed E-state index contributed by atoms with van der Waals surface area (Å²) in [4.78, 5) is 4.97. The summed E-state index contributed by atoms with van der Waals surface area (Å²) in [5.41, 5.74) is 1.35. The maximum atomic E-state index is 6.36. The van der Waals surface area contributed by atoms with E-state index < -0.39 is 0 Å². The Morgan fingerprint density at radius 3 is 1.88 bits per heavy atom. The van der Waals surface area contributed by atoms with Crippen LogP contribution in [0.5, 0.6) is 0 Å². The summed E-state index contributed by atoms with van der Waals surface area (Å²) in [5, 5.41) is 0.373. The minimum Gasteiger partial charge on any atom is -0.375 e. The van der Waals surface area contributed by atoms with Gasteiger partial charge in [-0.25, -0.2) is 0 Å². The molecule has 2 rings (SSSR count). The van der Waals surface area contributed by atoms with Crippen molar-refractivity contribution in [3.05, 3.63) is 12.2 Å². The molecular weight excluding hydrogens is 316 g/mol. The molecule has 2 fully saturated rings. The zero-order chi connectivity index (χ0) is 18.1. The van der Waals surface area contributed by atoms with Crippen LogP contribution >= 0.6 is 12.6 Å². The molecule has 1 unspecified atom stereocenters. The molecule has 0 aromatic carbocycles. The summed E-state index contributed by atoms with van der Waals surface area (Å²) in [7, 11) is 0. The average Bonchev–Trinajstić information content (AvgIpc) is 2.59. The first-order chi connectivity index (χ1) is 11.5. The predicted molar refractivity (Wildman–Crippen MR) is 109 cm³/mol. The van der Waals surface area contributed by atoms with E-state index in [0.717, 1.165) is 45.6 Å². The molecule has 24 heavy (non-hydrogen) atoms. The van der Waals surface area contributed by atoms with Gasteiger partial charge in [-0.1, -0.05) is 39.8 Å². The third kappa shape index (κ3) is 7.47. The van der Waals surface area contributed by atoms with Gasteiger partial charge < -0.3 is 4.74 Å². The zero-order valence-electron chi connectivity index (χ0n) is 16.6. The van der Waals surface area contributed by atoms with E-state index in [9.17, 15) is 0 Å². The molecule has 2 aliphatic rings. The number of thiol groups is 1. The molecule has 2 aliphatic heterocycles. The fraction of sp³-hybridized carbons (Fsp3) is 0.900. The Balaban J connectivity index is 0.00000139. The fourth-order valence-corrected chi connectivity index (χ4v) is 3.56. The van der Waals surface area contributed by atoms with E-state index >= 15 is 0 Å². The lowest BCUT2D eigenvalue weighted by molar-refractivity contribution is -0.0647. The summed E-state index contributed by atoms with van der Waals surface area (Å²) in [5.74, 6) is 0.591. The minimum absolute atomic E-state index is 0.373. The van der Waals surface area contributed by atoms with Gasteiger partial charge in [-0.2, -0.15) is 12.6 Å². The highest BCUT2D eigenvalue weighted by Gasteiger charge is 2.26. The maximum Gasteiger partial charge on any atom is 0.0603 e. The molecule has 0 aliphatic carbocycles. The lowest BCUT2D eigenvalue weighted by Crippen LogP contribution is -2.43. The van der Waals surface area contributed by atoms with Gasteiger partial charge in [0.25, 0.3) is 0 Å². The molecule has 2 saturated heterocycles. The van der Waals surface area contributed by atoms with Crippen molar-refractivity contribution in [1.29, 1.82) is 0 Å².